The third-order valence-electron chi connectivity index (χ3n) is 18.4. The summed E-state index contributed by atoms with van der Waals surface area (Å²) in [5.41, 5.74) is 11.4. The minimum Gasteiger partial charge on any atom is -0.483 e. The van der Waals surface area contributed by atoms with E-state index >= 15 is 0 Å². The highest BCUT2D eigenvalue weighted by molar-refractivity contribution is 5.95. The fourth-order valence-electron chi connectivity index (χ4n) is 13.8. The molecule has 0 heterocycles. The number of esters is 6. The van der Waals surface area contributed by atoms with Crippen molar-refractivity contribution in [3.05, 3.63) is 259 Å². The highest BCUT2D eigenvalue weighted by Crippen LogP contribution is 2.42. The molecule has 0 unspecified atom stereocenters. The molecule has 16 bridgehead atoms. The number of hydrogen-bond donors (Lipinski definition) is 2. The first-order valence-electron chi connectivity index (χ1n) is 38.0. The molecule has 0 spiro atoms. The first kappa shape index (κ1) is 82.1. The van der Waals surface area contributed by atoms with Gasteiger partial charge in [-0.05, 0) is 149 Å². The van der Waals surface area contributed by atoms with E-state index in [9.17, 15) is 38.4 Å². The van der Waals surface area contributed by atoms with E-state index in [1.165, 1.54) is 0 Å². The van der Waals surface area contributed by atoms with E-state index in [0.29, 0.717) is 146 Å². The van der Waals surface area contributed by atoms with Gasteiger partial charge in [-0.25, -0.2) is 28.8 Å². The average molecular weight is 1550 g/mol. The van der Waals surface area contributed by atoms with E-state index in [-0.39, 0.29) is 104 Å². The first-order valence-corrected chi connectivity index (χ1v) is 38.0. The number of amides is 2. The van der Waals surface area contributed by atoms with E-state index in [2.05, 4.69) is 10.6 Å². The number of hydrogen-bond acceptors (Lipinski definition) is 22. The van der Waals surface area contributed by atoms with Gasteiger partial charge in [-0.2, -0.15) is 0 Å². The highest BCUT2D eigenvalue weighted by Gasteiger charge is 2.28. The maximum absolute atomic E-state index is 14.4. The molecule has 2 N–H and O–H groups in total. The normalized spacial score (nSPS) is 11.9. The van der Waals surface area contributed by atoms with E-state index in [1.54, 1.807) is 65.8 Å². The van der Waals surface area contributed by atoms with Gasteiger partial charge < -0.3 is 76.9 Å². The van der Waals surface area contributed by atoms with Crippen LogP contribution in [0.25, 0.3) is 0 Å². The maximum Gasteiger partial charge on any atom is 0.344 e. The molecule has 594 valence electrons. The van der Waals surface area contributed by atoms with Gasteiger partial charge in [0.15, 0.2) is 52.9 Å². The number of fused-ring (bicyclic) bond motifs is 16. The van der Waals surface area contributed by atoms with Gasteiger partial charge in [0.2, 0.25) is 0 Å². The lowest BCUT2D eigenvalue weighted by Gasteiger charge is -2.22. The third kappa shape index (κ3) is 22.3. The number of rotatable bonds is 32. The van der Waals surface area contributed by atoms with Crippen molar-refractivity contribution in [2.75, 3.05) is 103 Å². The van der Waals surface area contributed by atoms with Crippen molar-refractivity contribution in [2.24, 2.45) is 0 Å². The molecular weight excluding hydrogens is 1460 g/mol. The molecule has 9 aromatic rings. The van der Waals surface area contributed by atoms with E-state index in [0.717, 1.165) is 0 Å². The number of para-hydroxylation sites is 8. The lowest BCUT2D eigenvalue weighted by Crippen LogP contribution is -2.22. The molecule has 24 nitrogen and oxygen atoms in total. The largest absolute Gasteiger partial charge is 0.483 e. The SMILES string of the molecule is CCOC(=O)COc1c2cccc1Cc1cccc(c1OCC(=O)OCC)Cc1cccc(c1OCC(=O)OCC)Cc1cccc(c1OCC(=O)Nc1cccc(NC(=O)COc3c4cccc3Cc3cccc(c3OCC(=O)OCC)Cc3cccc(c3OCC(=O)OCC)Cc3cccc(c3OCC(=O)OCC)C4)c1)C2. The smallest absolute Gasteiger partial charge is 0.344 e. The number of ether oxygens (including phenoxy) is 14. The summed E-state index contributed by atoms with van der Waals surface area (Å²) in [7, 11) is 0. The summed E-state index contributed by atoms with van der Waals surface area (Å²) in [6.45, 7) is 7.74. The predicted molar refractivity (Wildman–Crippen MR) is 421 cm³/mol. The van der Waals surface area contributed by atoms with Gasteiger partial charge in [0.05, 0.1) is 39.6 Å². The molecule has 114 heavy (non-hydrogen) atoms. The van der Waals surface area contributed by atoms with Gasteiger partial charge in [0.1, 0.15) is 46.0 Å². The van der Waals surface area contributed by atoms with Crippen molar-refractivity contribution in [3.8, 4) is 46.0 Å². The molecule has 0 radical (unpaired) electrons. The summed E-state index contributed by atoms with van der Waals surface area (Å²) < 4.78 is 83.7. The Hall–Kier alpha value is -12.9. The molecule has 9 aromatic carbocycles. The molecule has 24 heteroatoms. The summed E-state index contributed by atoms with van der Waals surface area (Å²) in [5.74, 6) is -1.33. The summed E-state index contributed by atoms with van der Waals surface area (Å²) in [4.78, 5) is 107. The Bertz CT molecular complexity index is 4420. The zero-order valence-electron chi connectivity index (χ0n) is 64.7. The zero-order chi connectivity index (χ0) is 80.3. The van der Waals surface area contributed by atoms with Crippen LogP contribution < -0.4 is 48.5 Å². The molecule has 11 rings (SSSR count). The second-order valence-corrected chi connectivity index (χ2v) is 26.5. The standard InChI is InChI=1S/C90H92N2O22/c1-7-101-77(95)51-109-85-61-26-15-30-65(85)44-69-34-19-35-70(89(69)113-55-81(99)105-11-5)45-66-31-16-27-62(86(66)110-52-78(96)102-8-2)41-58-23-13-22-57(40-61)83(58)107-49-75(93)91-73-38-21-39-74(48-73)92-76(94)50-108-84-59-24-14-25-60(84)43-64-29-18-33-68(88(64)112-54-80(98)104-10-4)47-72-37-20-36-71(90(72)114-56-82(100)106-12-6)46-67-32-17-28-63(42-59)87(67)111-53-79(97)103-9-3/h13-39,48H,7-12,40-47,49-56H2,1-6H3,(H,91,93)(H,92,94). The number of carbonyl (C=O) groups is 8. The molecule has 0 saturated carbocycles. The number of nitrogens with one attached hydrogen (secondary N) is 2. The minimum absolute atomic E-state index is 0.137. The van der Waals surface area contributed by atoms with Gasteiger partial charge in [-0.1, -0.05) is 152 Å². The van der Waals surface area contributed by atoms with Crippen LogP contribution in [-0.4, -0.2) is 140 Å². The van der Waals surface area contributed by atoms with Crippen molar-refractivity contribution >= 4 is 59.0 Å². The van der Waals surface area contributed by atoms with Crippen molar-refractivity contribution < 1.29 is 105 Å². The Kier molecular flexibility index (Phi) is 29.5. The van der Waals surface area contributed by atoms with Crippen LogP contribution in [0, 0.1) is 0 Å². The summed E-state index contributed by atoms with van der Waals surface area (Å²) in [6.07, 6.45) is 1.56. The molecule has 0 saturated heterocycles. The fraction of sp³-hybridized carbons (Fsp3) is 0.311. The van der Waals surface area contributed by atoms with Crippen LogP contribution in [0.5, 0.6) is 46.0 Å². The van der Waals surface area contributed by atoms with Crippen molar-refractivity contribution in [1.82, 2.24) is 0 Å². The summed E-state index contributed by atoms with van der Waals surface area (Å²) >= 11 is 0. The zero-order valence-corrected chi connectivity index (χ0v) is 64.7. The Morgan fingerprint density at radius 3 is 0.509 bits per heavy atom. The van der Waals surface area contributed by atoms with Gasteiger partial charge in [0.25, 0.3) is 11.8 Å². The molecule has 0 atom stereocenters. The van der Waals surface area contributed by atoms with Gasteiger partial charge in [-0.15, -0.1) is 0 Å². The Labute approximate surface area is 661 Å². The van der Waals surface area contributed by atoms with Crippen LogP contribution in [-0.2, 0) is 118 Å². The maximum atomic E-state index is 14.4. The molecule has 0 fully saturated rings. The lowest BCUT2D eigenvalue weighted by molar-refractivity contribution is -0.146. The Morgan fingerprint density at radius 2 is 0.360 bits per heavy atom. The number of benzene rings is 9. The molecule has 2 aliphatic rings. The van der Waals surface area contributed by atoms with Crippen LogP contribution in [0.4, 0.5) is 11.4 Å². The molecule has 0 aliphatic heterocycles. The van der Waals surface area contributed by atoms with Gasteiger partial charge >= 0.3 is 35.8 Å². The summed E-state index contributed by atoms with van der Waals surface area (Å²) in [6, 6.07) is 51.8. The molecule has 2 amide bonds. The fourth-order valence-corrected chi connectivity index (χ4v) is 13.8. The van der Waals surface area contributed by atoms with Gasteiger partial charge in [-0.3, -0.25) is 9.59 Å². The Morgan fingerprint density at radius 1 is 0.219 bits per heavy atom. The van der Waals surface area contributed by atoms with Crippen LogP contribution in [0.1, 0.15) is 131 Å². The molecule has 2 aliphatic carbocycles. The highest BCUT2D eigenvalue weighted by atomic mass is 16.6. The third-order valence-corrected chi connectivity index (χ3v) is 18.4. The van der Waals surface area contributed by atoms with E-state index in [1.807, 2.05) is 146 Å². The van der Waals surface area contributed by atoms with Crippen molar-refractivity contribution in [1.29, 1.82) is 0 Å². The summed E-state index contributed by atoms with van der Waals surface area (Å²) in [5, 5.41) is 5.88. The Balaban J connectivity index is 0.882. The monoisotopic (exact) mass is 1550 g/mol. The second-order valence-electron chi connectivity index (χ2n) is 26.5. The quantitative estimate of drug-likeness (QED) is 0.0292. The van der Waals surface area contributed by atoms with Crippen LogP contribution in [0.2, 0.25) is 0 Å². The lowest BCUT2D eigenvalue weighted by atomic mass is 9.91. The average Bonchev–Trinajstić information content (AvgIpc) is 0.789. The van der Waals surface area contributed by atoms with E-state index in [4.69, 9.17) is 66.3 Å². The van der Waals surface area contributed by atoms with Crippen molar-refractivity contribution in [3.63, 3.8) is 0 Å². The van der Waals surface area contributed by atoms with Crippen LogP contribution in [0.15, 0.2) is 170 Å². The second kappa shape index (κ2) is 40.9. The van der Waals surface area contributed by atoms with E-state index < -0.39 is 87.3 Å². The predicted octanol–water partition coefficient (Wildman–Crippen LogP) is 12.7. The number of anilines is 2. The first-order chi connectivity index (χ1) is 55.5. The van der Waals surface area contributed by atoms with Crippen LogP contribution >= 0.6 is 0 Å². The molecular formula is C90H92N2O22. The molecule has 0 aromatic heterocycles. The van der Waals surface area contributed by atoms with Crippen LogP contribution in [0.3, 0.4) is 0 Å². The van der Waals surface area contributed by atoms with Crippen molar-refractivity contribution in [2.45, 2.75) is 92.9 Å². The number of carbonyl (C=O) groups excluding carboxylic acids is 8. The topological polar surface area (TPSA) is 290 Å². The minimum atomic E-state index is -0.577. The van der Waals surface area contributed by atoms with Gasteiger partial charge in [0, 0.05) is 62.7 Å².